The van der Waals surface area contributed by atoms with E-state index in [0.717, 1.165) is 11.3 Å². The predicted molar refractivity (Wildman–Crippen MR) is 58.9 cm³/mol. The van der Waals surface area contributed by atoms with Crippen LogP contribution in [-0.2, 0) is 15.6 Å². The molecular weight excluding hydrogens is 196 g/mol. The fourth-order valence-corrected chi connectivity index (χ4v) is 1.62. The normalized spacial score (nSPS) is 10.9. The summed E-state index contributed by atoms with van der Waals surface area (Å²) in [6.07, 6.45) is 1.12. The van der Waals surface area contributed by atoms with Crippen molar-refractivity contribution in [3.63, 3.8) is 0 Å². The number of hydrogen-bond acceptors (Lipinski definition) is 3. The molecule has 0 aliphatic heterocycles. The van der Waals surface area contributed by atoms with Crippen molar-refractivity contribution in [1.82, 2.24) is 0 Å². The van der Waals surface area contributed by atoms with Gasteiger partial charge in [-0.1, -0.05) is 26.0 Å². The van der Waals surface area contributed by atoms with Gasteiger partial charge < -0.3 is 0 Å². The van der Waals surface area contributed by atoms with Gasteiger partial charge in [0.1, 0.15) is 0 Å². The quantitative estimate of drug-likeness (QED) is 0.423. The molecule has 0 amide bonds. The van der Waals surface area contributed by atoms with E-state index in [1.54, 1.807) is 0 Å². The van der Waals surface area contributed by atoms with Crippen LogP contribution in [0.3, 0.4) is 0 Å². The minimum Gasteiger partial charge on any atom is -0.227 e. The second-order valence-corrected chi connectivity index (χ2v) is 4.33. The maximum absolute atomic E-state index is 4.76. The molecule has 3 heteroatoms. The highest BCUT2D eigenvalue weighted by atomic mass is 32.2. The molecule has 0 heterocycles. The molecule has 0 saturated heterocycles. The molecule has 0 radical (unpaired) electrons. The van der Waals surface area contributed by atoms with Crippen LogP contribution >= 0.6 is 12.0 Å². The van der Waals surface area contributed by atoms with Gasteiger partial charge in [0, 0.05) is 4.90 Å². The van der Waals surface area contributed by atoms with Crippen LogP contribution < -0.4 is 0 Å². The zero-order valence-corrected chi connectivity index (χ0v) is 9.64. The van der Waals surface area contributed by atoms with E-state index < -0.39 is 0 Å². The lowest BCUT2D eigenvalue weighted by molar-refractivity contribution is -0.160. The van der Waals surface area contributed by atoms with Crippen molar-refractivity contribution in [1.29, 1.82) is 0 Å². The SMILES string of the molecule is COOSc1ccc(CC(C)C)cc1. The average molecular weight is 212 g/mol. The Kier molecular flexibility index (Phi) is 5.01. The van der Waals surface area contributed by atoms with E-state index in [-0.39, 0.29) is 0 Å². The van der Waals surface area contributed by atoms with Gasteiger partial charge in [-0.15, -0.1) is 0 Å². The molecule has 0 fully saturated rings. The third kappa shape index (κ3) is 4.13. The minimum absolute atomic E-state index is 0.698. The second-order valence-electron chi connectivity index (χ2n) is 3.56. The summed E-state index contributed by atoms with van der Waals surface area (Å²) in [6, 6.07) is 8.34. The van der Waals surface area contributed by atoms with Gasteiger partial charge in [0.2, 0.25) is 0 Å². The maximum atomic E-state index is 4.76. The Morgan fingerprint density at radius 2 is 1.86 bits per heavy atom. The topological polar surface area (TPSA) is 18.5 Å². The molecule has 0 aliphatic rings. The van der Waals surface area contributed by atoms with Crippen LogP contribution in [0, 0.1) is 5.92 Å². The van der Waals surface area contributed by atoms with Gasteiger partial charge in [0.25, 0.3) is 0 Å². The minimum atomic E-state index is 0.698. The fourth-order valence-electron chi connectivity index (χ4n) is 1.23. The lowest BCUT2D eigenvalue weighted by Crippen LogP contribution is -1.93. The van der Waals surface area contributed by atoms with Gasteiger partial charge in [-0.25, -0.2) is 4.89 Å². The summed E-state index contributed by atoms with van der Waals surface area (Å²) in [5.41, 5.74) is 1.36. The molecule has 0 bridgehead atoms. The summed E-state index contributed by atoms with van der Waals surface area (Å²) >= 11 is 1.23. The van der Waals surface area contributed by atoms with Crippen LogP contribution in [0.5, 0.6) is 0 Å². The number of benzene rings is 1. The summed E-state index contributed by atoms with van der Waals surface area (Å²) in [6.45, 7) is 4.44. The van der Waals surface area contributed by atoms with Gasteiger partial charge in [0.05, 0.1) is 19.2 Å². The molecule has 78 valence electrons. The molecular formula is C11H16O2S. The molecule has 14 heavy (non-hydrogen) atoms. The fraction of sp³-hybridized carbons (Fsp3) is 0.455. The summed E-state index contributed by atoms with van der Waals surface area (Å²) in [5.74, 6) is 0.698. The first kappa shape index (κ1) is 11.6. The van der Waals surface area contributed by atoms with Crippen molar-refractivity contribution in [2.45, 2.75) is 25.2 Å². The maximum Gasteiger partial charge on any atom is 0.0725 e. The van der Waals surface area contributed by atoms with E-state index in [9.17, 15) is 0 Å². The van der Waals surface area contributed by atoms with Crippen LogP contribution in [0.15, 0.2) is 29.2 Å². The van der Waals surface area contributed by atoms with E-state index in [4.69, 9.17) is 4.33 Å². The third-order valence-corrected chi connectivity index (χ3v) is 2.43. The Labute approximate surface area is 89.7 Å². The second kappa shape index (κ2) is 6.06. The third-order valence-electron chi connectivity index (χ3n) is 1.77. The predicted octanol–water partition coefficient (Wildman–Crippen LogP) is 3.47. The van der Waals surface area contributed by atoms with Gasteiger partial charge >= 0.3 is 0 Å². The molecule has 0 saturated carbocycles. The molecule has 0 N–H and O–H groups in total. The summed E-state index contributed by atoms with van der Waals surface area (Å²) in [7, 11) is 1.50. The van der Waals surface area contributed by atoms with Crippen LogP contribution in [0.1, 0.15) is 19.4 Å². The zero-order chi connectivity index (χ0) is 10.4. The summed E-state index contributed by atoms with van der Waals surface area (Å²) < 4.78 is 4.76. The smallest absolute Gasteiger partial charge is 0.0725 e. The molecule has 1 aromatic carbocycles. The monoisotopic (exact) mass is 212 g/mol. The first-order chi connectivity index (χ1) is 6.72. The van der Waals surface area contributed by atoms with Gasteiger partial charge in [0.15, 0.2) is 0 Å². The highest BCUT2D eigenvalue weighted by Crippen LogP contribution is 2.20. The molecule has 0 unspecified atom stereocenters. The van der Waals surface area contributed by atoms with Gasteiger partial charge in [-0.05, 0) is 30.0 Å². The van der Waals surface area contributed by atoms with Crippen LogP contribution in [0.2, 0.25) is 0 Å². The van der Waals surface area contributed by atoms with Crippen molar-refractivity contribution in [2.24, 2.45) is 5.92 Å². The van der Waals surface area contributed by atoms with Crippen LogP contribution in [0.4, 0.5) is 0 Å². The average Bonchev–Trinajstić information content (AvgIpc) is 2.16. The van der Waals surface area contributed by atoms with Crippen molar-refractivity contribution in [2.75, 3.05) is 7.11 Å². The lowest BCUT2D eigenvalue weighted by atomic mass is 10.0. The Balaban J connectivity index is 2.50. The summed E-state index contributed by atoms with van der Waals surface area (Å²) in [4.78, 5) is 5.56. The van der Waals surface area contributed by atoms with E-state index in [1.807, 2.05) is 12.1 Å². The highest BCUT2D eigenvalue weighted by Gasteiger charge is 1.99. The van der Waals surface area contributed by atoms with E-state index >= 15 is 0 Å². The van der Waals surface area contributed by atoms with Crippen molar-refractivity contribution in [3.8, 4) is 0 Å². The van der Waals surface area contributed by atoms with Crippen LogP contribution in [0.25, 0.3) is 0 Å². The summed E-state index contributed by atoms with van der Waals surface area (Å²) in [5, 5.41) is 0. The first-order valence-corrected chi connectivity index (χ1v) is 5.43. The molecule has 0 aromatic heterocycles. The standard InChI is InChI=1S/C11H16O2S/c1-9(2)8-10-4-6-11(7-5-10)14-13-12-3/h4-7,9H,8H2,1-3H3. The molecule has 0 aliphatic carbocycles. The van der Waals surface area contributed by atoms with E-state index in [1.165, 1.54) is 24.7 Å². The zero-order valence-electron chi connectivity index (χ0n) is 8.82. The van der Waals surface area contributed by atoms with Crippen molar-refractivity contribution < 1.29 is 9.22 Å². The van der Waals surface area contributed by atoms with Crippen LogP contribution in [-0.4, -0.2) is 7.11 Å². The number of hydrogen-bond donors (Lipinski definition) is 0. The van der Waals surface area contributed by atoms with Gasteiger partial charge in [-0.2, -0.15) is 4.33 Å². The van der Waals surface area contributed by atoms with E-state index in [0.29, 0.717) is 5.92 Å². The Hall–Kier alpha value is -0.510. The van der Waals surface area contributed by atoms with Crippen molar-refractivity contribution in [3.05, 3.63) is 29.8 Å². The van der Waals surface area contributed by atoms with Crippen molar-refractivity contribution >= 4 is 12.0 Å². The Morgan fingerprint density at radius 3 is 2.36 bits per heavy atom. The number of rotatable bonds is 5. The Morgan fingerprint density at radius 1 is 1.21 bits per heavy atom. The molecule has 0 spiro atoms. The van der Waals surface area contributed by atoms with Gasteiger partial charge in [-0.3, -0.25) is 0 Å². The molecule has 0 atom stereocenters. The first-order valence-electron chi connectivity index (χ1n) is 4.68. The molecule has 2 nitrogen and oxygen atoms in total. The molecule has 1 aromatic rings. The molecule has 1 rings (SSSR count). The van der Waals surface area contributed by atoms with E-state index in [2.05, 4.69) is 30.9 Å². The Bertz CT molecular complexity index is 256. The largest absolute Gasteiger partial charge is 0.227 e. The lowest BCUT2D eigenvalue weighted by Gasteiger charge is -2.05. The highest BCUT2D eigenvalue weighted by molar-refractivity contribution is 7.94.